The highest BCUT2D eigenvalue weighted by Crippen LogP contribution is 2.21. The van der Waals surface area contributed by atoms with Crippen LogP contribution in [0.4, 0.5) is 0 Å². The Bertz CT molecular complexity index is 286. The second-order valence-corrected chi connectivity index (χ2v) is 4.97. The highest BCUT2D eigenvalue weighted by Gasteiger charge is 2.26. The van der Waals surface area contributed by atoms with Crippen LogP contribution in [0.2, 0.25) is 0 Å². The summed E-state index contributed by atoms with van der Waals surface area (Å²) in [5, 5.41) is 2.74. The van der Waals surface area contributed by atoms with Gasteiger partial charge >= 0.3 is 0 Å². The third-order valence-corrected chi connectivity index (χ3v) is 3.54. The molecule has 1 fully saturated rings. The van der Waals surface area contributed by atoms with Crippen molar-refractivity contribution < 1.29 is 9.59 Å². The van der Waals surface area contributed by atoms with E-state index in [1.165, 1.54) is 6.42 Å². The van der Waals surface area contributed by atoms with Crippen molar-refractivity contribution in [2.75, 3.05) is 13.1 Å². The maximum absolute atomic E-state index is 11.8. The summed E-state index contributed by atoms with van der Waals surface area (Å²) in [5.41, 5.74) is 2.03. The van der Waals surface area contributed by atoms with Crippen LogP contribution in [0.5, 0.6) is 0 Å². The van der Waals surface area contributed by atoms with Crippen molar-refractivity contribution in [3.8, 4) is 0 Å². The van der Waals surface area contributed by atoms with Crippen LogP contribution < -0.4 is 16.6 Å². The van der Waals surface area contributed by atoms with Gasteiger partial charge in [-0.25, -0.2) is 5.84 Å². The molecule has 6 nitrogen and oxygen atoms in total. The van der Waals surface area contributed by atoms with E-state index in [0.29, 0.717) is 25.2 Å². The molecule has 18 heavy (non-hydrogen) atoms. The fraction of sp³-hybridized carbons (Fsp3) is 0.833. The molecule has 6 heteroatoms. The van der Waals surface area contributed by atoms with Gasteiger partial charge in [0.25, 0.3) is 0 Å². The Balaban J connectivity index is 2.28. The summed E-state index contributed by atoms with van der Waals surface area (Å²) in [7, 11) is 0. The maximum Gasteiger partial charge on any atom is 0.235 e. The molecule has 0 spiro atoms. The average molecular weight is 256 g/mol. The number of nitrogens with one attached hydrogen (secondary N) is 2. The summed E-state index contributed by atoms with van der Waals surface area (Å²) in [6.45, 7) is 5.06. The number of hydrogen-bond acceptors (Lipinski definition) is 4. The molecule has 2 atom stereocenters. The molecule has 1 heterocycles. The monoisotopic (exact) mass is 256 g/mol. The molecule has 0 aromatic heterocycles. The number of nitrogens with two attached hydrogens (primary N) is 1. The van der Waals surface area contributed by atoms with E-state index in [9.17, 15) is 9.59 Å². The third-order valence-electron chi connectivity index (χ3n) is 3.54. The Hall–Kier alpha value is -1.14. The lowest BCUT2D eigenvalue weighted by atomic mass is 9.97. The summed E-state index contributed by atoms with van der Waals surface area (Å²) < 4.78 is 0. The molecule has 104 valence electrons. The van der Waals surface area contributed by atoms with E-state index in [0.717, 1.165) is 12.8 Å². The predicted molar refractivity (Wildman–Crippen MR) is 69.4 cm³/mol. The molecule has 1 aliphatic rings. The zero-order valence-electron chi connectivity index (χ0n) is 11.2. The molecule has 0 aromatic rings. The van der Waals surface area contributed by atoms with Gasteiger partial charge in [-0.3, -0.25) is 19.9 Å². The highest BCUT2D eigenvalue weighted by molar-refractivity contribution is 5.79. The van der Waals surface area contributed by atoms with Crippen LogP contribution in [0.3, 0.4) is 0 Å². The third kappa shape index (κ3) is 4.62. The molecular weight excluding hydrogens is 232 g/mol. The van der Waals surface area contributed by atoms with E-state index in [-0.39, 0.29) is 18.2 Å². The summed E-state index contributed by atoms with van der Waals surface area (Å²) in [6, 6.07) is 0.902. The first-order chi connectivity index (χ1) is 8.54. The lowest BCUT2D eigenvalue weighted by Crippen LogP contribution is -2.49. The lowest BCUT2D eigenvalue weighted by Gasteiger charge is -2.38. The van der Waals surface area contributed by atoms with Crippen molar-refractivity contribution in [1.29, 1.82) is 0 Å². The Morgan fingerprint density at radius 2 is 1.83 bits per heavy atom. The van der Waals surface area contributed by atoms with Gasteiger partial charge in [-0.2, -0.15) is 0 Å². The molecule has 1 saturated heterocycles. The van der Waals surface area contributed by atoms with E-state index in [4.69, 9.17) is 5.84 Å². The minimum Gasteiger partial charge on any atom is -0.354 e. The van der Waals surface area contributed by atoms with Gasteiger partial charge in [0, 0.05) is 25.0 Å². The molecule has 0 bridgehead atoms. The van der Waals surface area contributed by atoms with Gasteiger partial charge in [-0.05, 0) is 26.7 Å². The van der Waals surface area contributed by atoms with Crippen LogP contribution >= 0.6 is 0 Å². The van der Waals surface area contributed by atoms with E-state index in [1.54, 1.807) is 0 Å². The van der Waals surface area contributed by atoms with E-state index in [2.05, 4.69) is 24.1 Å². The number of nitrogens with zero attached hydrogens (tertiary/aromatic N) is 1. The van der Waals surface area contributed by atoms with E-state index < -0.39 is 0 Å². The Morgan fingerprint density at radius 3 is 2.39 bits per heavy atom. The van der Waals surface area contributed by atoms with Gasteiger partial charge in [-0.15, -0.1) is 0 Å². The van der Waals surface area contributed by atoms with Gasteiger partial charge in [-0.1, -0.05) is 6.42 Å². The molecular formula is C12H24N4O2. The second-order valence-electron chi connectivity index (χ2n) is 4.97. The summed E-state index contributed by atoms with van der Waals surface area (Å²) in [6.07, 6.45) is 3.74. The van der Waals surface area contributed by atoms with Gasteiger partial charge in [0.2, 0.25) is 11.8 Å². The minimum absolute atomic E-state index is 0.0274. The first-order valence-corrected chi connectivity index (χ1v) is 6.56. The fourth-order valence-electron chi connectivity index (χ4n) is 2.40. The van der Waals surface area contributed by atoms with Gasteiger partial charge in [0.15, 0.2) is 0 Å². The Labute approximate surface area is 108 Å². The quantitative estimate of drug-likeness (QED) is 0.359. The number of amides is 2. The standard InChI is InChI=1S/C12H24N4O2/c1-9-4-3-5-10(2)16(9)8-12(18)14-7-6-11(17)15-13/h9-10H,3-8,13H2,1-2H3,(H,14,18)(H,15,17). The van der Waals surface area contributed by atoms with Gasteiger partial charge in [0.1, 0.15) is 0 Å². The van der Waals surface area contributed by atoms with Crippen molar-refractivity contribution in [2.24, 2.45) is 5.84 Å². The molecule has 0 aliphatic carbocycles. The Morgan fingerprint density at radius 1 is 1.22 bits per heavy atom. The molecule has 2 unspecified atom stereocenters. The van der Waals surface area contributed by atoms with E-state index in [1.807, 2.05) is 5.43 Å². The largest absolute Gasteiger partial charge is 0.354 e. The predicted octanol–water partition coefficient (Wildman–Crippen LogP) is -0.254. The molecule has 0 aromatic carbocycles. The first-order valence-electron chi connectivity index (χ1n) is 6.56. The molecule has 1 rings (SSSR count). The number of hydrazine groups is 1. The van der Waals surface area contributed by atoms with Crippen LogP contribution in [-0.4, -0.2) is 41.9 Å². The van der Waals surface area contributed by atoms with Crippen molar-refractivity contribution in [2.45, 2.75) is 51.6 Å². The molecule has 0 saturated carbocycles. The van der Waals surface area contributed by atoms with Crippen molar-refractivity contribution in [3.63, 3.8) is 0 Å². The second kappa shape index (κ2) is 7.33. The summed E-state index contributed by atoms with van der Waals surface area (Å²) in [4.78, 5) is 24.9. The van der Waals surface area contributed by atoms with Crippen molar-refractivity contribution in [3.05, 3.63) is 0 Å². The van der Waals surface area contributed by atoms with Gasteiger partial charge < -0.3 is 5.32 Å². The minimum atomic E-state index is -0.269. The van der Waals surface area contributed by atoms with Crippen molar-refractivity contribution >= 4 is 11.8 Å². The number of hydrogen-bond donors (Lipinski definition) is 3. The molecule has 4 N–H and O–H groups in total. The SMILES string of the molecule is CC1CCCC(C)N1CC(=O)NCCC(=O)NN. The summed E-state index contributed by atoms with van der Waals surface area (Å²) >= 11 is 0. The summed E-state index contributed by atoms with van der Waals surface area (Å²) in [5.74, 6) is 4.66. The molecule has 1 aliphatic heterocycles. The van der Waals surface area contributed by atoms with Crippen LogP contribution in [-0.2, 0) is 9.59 Å². The first kappa shape index (κ1) is 14.9. The number of rotatable bonds is 5. The van der Waals surface area contributed by atoms with Crippen LogP contribution in [0.1, 0.15) is 39.5 Å². The molecule has 0 radical (unpaired) electrons. The van der Waals surface area contributed by atoms with E-state index >= 15 is 0 Å². The smallest absolute Gasteiger partial charge is 0.235 e. The number of piperidine rings is 1. The maximum atomic E-state index is 11.8. The topological polar surface area (TPSA) is 87.5 Å². The zero-order valence-corrected chi connectivity index (χ0v) is 11.2. The van der Waals surface area contributed by atoms with Crippen LogP contribution in [0.15, 0.2) is 0 Å². The van der Waals surface area contributed by atoms with Gasteiger partial charge in [0.05, 0.1) is 6.54 Å². The zero-order chi connectivity index (χ0) is 13.5. The van der Waals surface area contributed by atoms with Crippen LogP contribution in [0, 0.1) is 0 Å². The average Bonchev–Trinajstić information content (AvgIpc) is 2.34. The number of carbonyl (C=O) groups is 2. The Kier molecular flexibility index (Phi) is 6.07. The van der Waals surface area contributed by atoms with Crippen LogP contribution in [0.25, 0.3) is 0 Å². The molecule has 2 amide bonds. The number of carbonyl (C=O) groups excluding carboxylic acids is 2. The fourth-order valence-corrected chi connectivity index (χ4v) is 2.40. The van der Waals surface area contributed by atoms with Crippen molar-refractivity contribution in [1.82, 2.24) is 15.6 Å². The lowest BCUT2D eigenvalue weighted by molar-refractivity contribution is -0.124. The number of likely N-dealkylation sites (tertiary alicyclic amines) is 1. The highest BCUT2D eigenvalue weighted by atomic mass is 16.2. The normalized spacial score (nSPS) is 24.6.